The van der Waals surface area contributed by atoms with E-state index < -0.39 is 24.3 Å². The van der Waals surface area contributed by atoms with Gasteiger partial charge in [-0.25, -0.2) is 0 Å². The zero-order valence-corrected chi connectivity index (χ0v) is 46.1. The number of aliphatic carboxylic acids is 1. The first-order valence-corrected chi connectivity index (χ1v) is 28.4. The number of carbonyl (C=O) groups excluding carboxylic acids is 3. The third-order valence-corrected chi connectivity index (χ3v) is 11.8. The van der Waals surface area contributed by atoms with Crippen LogP contribution in [0.4, 0.5) is 0 Å². The third kappa shape index (κ3) is 53.8. The predicted molar refractivity (Wildman–Crippen MR) is 297 cm³/mol. The number of allylic oxidation sites excluding steroid dienone is 16. The van der Waals surface area contributed by atoms with Crippen LogP contribution >= 0.6 is 0 Å². The van der Waals surface area contributed by atoms with Gasteiger partial charge in [-0.3, -0.25) is 9.59 Å². The molecule has 2 unspecified atom stereocenters. The lowest BCUT2D eigenvalue weighted by Gasteiger charge is -2.26. The Balaban J connectivity index is 4.19. The van der Waals surface area contributed by atoms with Crippen molar-refractivity contribution in [3.05, 3.63) is 97.2 Å². The van der Waals surface area contributed by atoms with Gasteiger partial charge in [0, 0.05) is 12.8 Å². The summed E-state index contributed by atoms with van der Waals surface area (Å²) in [5.74, 6) is -2.31. The van der Waals surface area contributed by atoms with Crippen LogP contribution in [0.3, 0.4) is 0 Å². The summed E-state index contributed by atoms with van der Waals surface area (Å²) in [5, 5.41) is 11.8. The summed E-state index contributed by atoms with van der Waals surface area (Å²) in [6, 6.07) is 0. The second-order valence-electron chi connectivity index (χ2n) is 19.8. The van der Waals surface area contributed by atoms with Crippen LogP contribution in [0.5, 0.6) is 0 Å². The Labute approximate surface area is 435 Å². The molecule has 0 saturated heterocycles. The molecule has 9 heteroatoms. The molecule has 0 aromatic heterocycles. The van der Waals surface area contributed by atoms with Gasteiger partial charge in [-0.2, -0.15) is 0 Å². The highest BCUT2D eigenvalue weighted by Gasteiger charge is 2.22. The smallest absolute Gasteiger partial charge is 0.306 e. The van der Waals surface area contributed by atoms with Gasteiger partial charge in [0.2, 0.25) is 0 Å². The van der Waals surface area contributed by atoms with Gasteiger partial charge in [-0.05, 0) is 89.9 Å². The Kier molecular flexibility index (Phi) is 49.7. The molecule has 0 aliphatic carbocycles. The zero-order chi connectivity index (χ0) is 52.0. The number of carbonyl (C=O) groups is 3. The van der Waals surface area contributed by atoms with Gasteiger partial charge in [0.25, 0.3) is 0 Å². The Morgan fingerprint density at radius 3 is 1.13 bits per heavy atom. The number of carboxylic acid groups (broad SMARTS) is 1. The minimum Gasteiger partial charge on any atom is -0.545 e. The highest BCUT2D eigenvalue weighted by atomic mass is 16.7. The number of nitrogens with zero attached hydrogens (tertiary/aromatic N) is 1. The number of esters is 2. The molecule has 0 heterocycles. The minimum absolute atomic E-state index is 0.141. The molecule has 0 aromatic rings. The quantitative estimate of drug-likeness (QED) is 0.0195. The van der Waals surface area contributed by atoms with Crippen molar-refractivity contribution >= 4 is 17.9 Å². The molecular weight excluding hydrogens is 887 g/mol. The van der Waals surface area contributed by atoms with Gasteiger partial charge in [0.1, 0.15) is 13.2 Å². The maximum absolute atomic E-state index is 12.9. The maximum Gasteiger partial charge on any atom is 0.306 e. The number of hydrogen-bond donors (Lipinski definition) is 0. The second kappa shape index (κ2) is 52.5. The van der Waals surface area contributed by atoms with E-state index in [0.717, 1.165) is 103 Å². The highest BCUT2D eigenvalue weighted by molar-refractivity contribution is 5.70. The van der Waals surface area contributed by atoms with Crippen LogP contribution in [-0.2, 0) is 33.3 Å². The van der Waals surface area contributed by atoms with Crippen molar-refractivity contribution in [1.82, 2.24) is 0 Å². The zero-order valence-electron chi connectivity index (χ0n) is 46.1. The predicted octanol–water partition coefficient (Wildman–Crippen LogP) is 15.2. The summed E-state index contributed by atoms with van der Waals surface area (Å²) >= 11 is 0. The molecule has 0 bridgehead atoms. The molecule has 0 fully saturated rings. The Hall–Kier alpha value is -3.79. The normalized spacial score (nSPS) is 13.5. The van der Waals surface area contributed by atoms with Crippen molar-refractivity contribution in [2.75, 3.05) is 47.5 Å². The number of hydrogen-bond acceptors (Lipinski definition) is 8. The van der Waals surface area contributed by atoms with Crippen molar-refractivity contribution in [2.45, 2.75) is 232 Å². The summed E-state index contributed by atoms with van der Waals surface area (Å²) in [4.78, 5) is 37.2. The van der Waals surface area contributed by atoms with Crippen LogP contribution in [0.25, 0.3) is 0 Å². The van der Waals surface area contributed by atoms with Crippen LogP contribution in [-0.4, -0.2) is 82.3 Å². The average molecular weight is 993 g/mol. The highest BCUT2D eigenvalue weighted by Crippen LogP contribution is 2.16. The minimum atomic E-state index is -1.63. The summed E-state index contributed by atoms with van der Waals surface area (Å²) in [5.41, 5.74) is 0. The molecule has 0 spiro atoms. The van der Waals surface area contributed by atoms with Crippen molar-refractivity contribution in [1.29, 1.82) is 0 Å². The fraction of sp³-hybridized carbons (Fsp3) is 0.694. The lowest BCUT2D eigenvalue weighted by Crippen LogP contribution is -2.44. The Morgan fingerprint density at radius 1 is 0.423 bits per heavy atom. The van der Waals surface area contributed by atoms with Gasteiger partial charge in [0.05, 0.1) is 40.3 Å². The number of rotatable bonds is 51. The lowest BCUT2D eigenvalue weighted by molar-refractivity contribution is -0.870. The van der Waals surface area contributed by atoms with Crippen LogP contribution in [0, 0.1) is 0 Å². The fourth-order valence-electron chi connectivity index (χ4n) is 7.52. The van der Waals surface area contributed by atoms with E-state index in [4.69, 9.17) is 18.9 Å². The van der Waals surface area contributed by atoms with Crippen LogP contribution < -0.4 is 5.11 Å². The molecule has 9 nitrogen and oxygen atoms in total. The summed E-state index contributed by atoms with van der Waals surface area (Å²) < 4.78 is 22.6. The van der Waals surface area contributed by atoms with Crippen LogP contribution in [0.1, 0.15) is 219 Å². The molecule has 0 aromatic carbocycles. The lowest BCUT2D eigenvalue weighted by atomic mass is 10.0. The summed E-state index contributed by atoms with van der Waals surface area (Å²) in [6.07, 6.45) is 67.5. The van der Waals surface area contributed by atoms with E-state index >= 15 is 0 Å². The molecule has 406 valence electrons. The summed E-state index contributed by atoms with van der Waals surface area (Å²) in [6.45, 7) is 4.49. The molecule has 0 aliphatic heterocycles. The topological polar surface area (TPSA) is 111 Å². The molecule has 71 heavy (non-hydrogen) atoms. The molecule has 0 aliphatic rings. The Bertz CT molecular complexity index is 1480. The first kappa shape index (κ1) is 67.2. The van der Waals surface area contributed by atoms with Crippen molar-refractivity contribution in [3.8, 4) is 0 Å². The fourth-order valence-corrected chi connectivity index (χ4v) is 7.52. The van der Waals surface area contributed by atoms with E-state index in [1.165, 1.54) is 77.0 Å². The van der Waals surface area contributed by atoms with E-state index in [1.54, 1.807) is 0 Å². The van der Waals surface area contributed by atoms with Crippen molar-refractivity contribution in [3.63, 3.8) is 0 Å². The Morgan fingerprint density at radius 2 is 0.761 bits per heavy atom. The molecular formula is C62H105NO8. The van der Waals surface area contributed by atoms with Gasteiger partial charge in [-0.15, -0.1) is 0 Å². The van der Waals surface area contributed by atoms with E-state index in [1.807, 2.05) is 21.1 Å². The summed E-state index contributed by atoms with van der Waals surface area (Å²) in [7, 11) is 5.91. The van der Waals surface area contributed by atoms with E-state index in [-0.39, 0.29) is 38.6 Å². The number of unbranched alkanes of at least 4 members (excludes halogenated alkanes) is 20. The van der Waals surface area contributed by atoms with Gasteiger partial charge >= 0.3 is 11.9 Å². The van der Waals surface area contributed by atoms with Crippen molar-refractivity contribution < 1.29 is 42.9 Å². The van der Waals surface area contributed by atoms with Gasteiger partial charge in [-0.1, -0.05) is 214 Å². The van der Waals surface area contributed by atoms with E-state index in [2.05, 4.69) is 111 Å². The van der Waals surface area contributed by atoms with E-state index in [0.29, 0.717) is 23.9 Å². The first-order valence-electron chi connectivity index (χ1n) is 28.4. The first-order chi connectivity index (χ1) is 34.6. The van der Waals surface area contributed by atoms with Crippen LogP contribution in [0.2, 0.25) is 0 Å². The van der Waals surface area contributed by atoms with Gasteiger partial charge < -0.3 is 33.3 Å². The standard InChI is InChI=1S/C62H105NO8/c1-6-8-10-12-14-16-18-20-22-23-24-25-26-27-28-29-30-31-32-33-34-35-36-37-39-41-43-45-47-49-51-53-60(65)71-58(57-70-62(61(66)67)68-55-54-63(3,4)5)56-69-59(64)52-50-48-46-44-42-40-38-21-19-17-15-13-11-9-7-2/h8-11,14-17,20-22,24-25,27-28,38,58,62H,6-7,12-13,18-19,23,26,29-37,39-57H2,1-5H3/b10-8-,11-9-,16-14-,17-15-,22-20-,25-24-,28-27-,38-21-. The van der Waals surface area contributed by atoms with Crippen LogP contribution in [0.15, 0.2) is 97.2 Å². The molecule has 0 radical (unpaired) electrons. The SMILES string of the molecule is CC/C=C\C/C=C\C/C=C\C/C=C\C/C=C\CCCCCCCCCCCCCCCCCC(=O)OC(COC(=O)CCCCCCC/C=C\C/C=C\C/C=C\CC)COC(OCC[N+](C)(C)C)C(=O)[O-]. The number of ether oxygens (including phenoxy) is 4. The molecule has 0 saturated carbocycles. The average Bonchev–Trinajstić information content (AvgIpc) is 3.34. The molecule has 0 amide bonds. The number of carboxylic acids is 1. The molecule has 0 rings (SSSR count). The van der Waals surface area contributed by atoms with Gasteiger partial charge in [0.15, 0.2) is 12.4 Å². The second-order valence-corrected chi connectivity index (χ2v) is 19.8. The molecule has 2 atom stereocenters. The van der Waals surface area contributed by atoms with Crippen molar-refractivity contribution in [2.24, 2.45) is 0 Å². The number of likely N-dealkylation sites (N-methyl/N-ethyl adjacent to an activating group) is 1. The monoisotopic (exact) mass is 992 g/mol. The maximum atomic E-state index is 12.9. The number of quaternary nitrogens is 1. The third-order valence-electron chi connectivity index (χ3n) is 11.8. The largest absolute Gasteiger partial charge is 0.545 e. The van der Waals surface area contributed by atoms with E-state index in [9.17, 15) is 19.5 Å². The molecule has 0 N–H and O–H groups in total.